The first-order valence-electron chi connectivity index (χ1n) is 7.04. The molecule has 1 aliphatic rings. The fourth-order valence-electron chi connectivity index (χ4n) is 2.37. The quantitative estimate of drug-likeness (QED) is 0.872. The number of thiazole rings is 1. The SMILES string of the molecule is CCCNC(C)c1csc(C2(OC)CCOCC2)n1. The molecule has 108 valence electrons. The van der Waals surface area contributed by atoms with Gasteiger partial charge in [0.05, 0.1) is 5.69 Å². The van der Waals surface area contributed by atoms with Gasteiger partial charge < -0.3 is 14.8 Å². The summed E-state index contributed by atoms with van der Waals surface area (Å²) in [5.74, 6) is 0. The van der Waals surface area contributed by atoms with E-state index in [1.54, 1.807) is 18.4 Å². The van der Waals surface area contributed by atoms with E-state index in [4.69, 9.17) is 14.5 Å². The number of ether oxygens (including phenoxy) is 2. The van der Waals surface area contributed by atoms with Crippen LogP contribution in [0.3, 0.4) is 0 Å². The summed E-state index contributed by atoms with van der Waals surface area (Å²) in [5.41, 5.74) is 0.891. The number of methoxy groups -OCH3 is 1. The molecule has 0 aromatic carbocycles. The molecule has 1 aromatic rings. The molecule has 2 heterocycles. The smallest absolute Gasteiger partial charge is 0.125 e. The van der Waals surface area contributed by atoms with E-state index in [2.05, 4.69) is 24.5 Å². The van der Waals surface area contributed by atoms with Crippen LogP contribution in [-0.2, 0) is 15.1 Å². The summed E-state index contributed by atoms with van der Waals surface area (Å²) in [6, 6.07) is 0.304. The Kier molecular flexibility index (Phi) is 5.33. The van der Waals surface area contributed by atoms with Gasteiger partial charge in [-0.3, -0.25) is 0 Å². The normalized spacial score (nSPS) is 20.4. The summed E-state index contributed by atoms with van der Waals surface area (Å²) in [6.07, 6.45) is 2.93. The van der Waals surface area contributed by atoms with Crippen LogP contribution in [0.5, 0.6) is 0 Å². The first-order chi connectivity index (χ1) is 9.22. The monoisotopic (exact) mass is 284 g/mol. The van der Waals surface area contributed by atoms with Gasteiger partial charge in [0.25, 0.3) is 0 Å². The molecule has 0 spiro atoms. The van der Waals surface area contributed by atoms with E-state index >= 15 is 0 Å². The third kappa shape index (κ3) is 3.34. The third-order valence-electron chi connectivity index (χ3n) is 3.75. The molecule has 0 amide bonds. The van der Waals surface area contributed by atoms with Crippen molar-refractivity contribution < 1.29 is 9.47 Å². The lowest BCUT2D eigenvalue weighted by Gasteiger charge is -2.33. The van der Waals surface area contributed by atoms with Crippen LogP contribution in [0.25, 0.3) is 0 Å². The van der Waals surface area contributed by atoms with Crippen LogP contribution in [0.1, 0.15) is 49.9 Å². The highest BCUT2D eigenvalue weighted by molar-refractivity contribution is 7.09. The summed E-state index contributed by atoms with van der Waals surface area (Å²) in [6.45, 7) is 6.88. The Morgan fingerprint density at radius 3 is 2.89 bits per heavy atom. The van der Waals surface area contributed by atoms with Gasteiger partial charge in [0.1, 0.15) is 10.6 Å². The minimum atomic E-state index is -0.231. The molecule has 0 radical (unpaired) electrons. The van der Waals surface area contributed by atoms with Crippen molar-refractivity contribution in [3.8, 4) is 0 Å². The average molecular weight is 284 g/mol. The van der Waals surface area contributed by atoms with E-state index in [-0.39, 0.29) is 5.60 Å². The molecule has 1 N–H and O–H groups in total. The van der Waals surface area contributed by atoms with Crippen LogP contribution in [0.2, 0.25) is 0 Å². The number of nitrogens with one attached hydrogen (secondary N) is 1. The minimum absolute atomic E-state index is 0.231. The predicted molar refractivity (Wildman–Crippen MR) is 77.6 cm³/mol. The van der Waals surface area contributed by atoms with Gasteiger partial charge >= 0.3 is 0 Å². The molecule has 1 aromatic heterocycles. The molecule has 2 rings (SSSR count). The zero-order chi connectivity index (χ0) is 13.7. The van der Waals surface area contributed by atoms with Gasteiger partial charge in [0.15, 0.2) is 0 Å². The maximum Gasteiger partial charge on any atom is 0.125 e. The van der Waals surface area contributed by atoms with Crippen LogP contribution < -0.4 is 5.32 Å². The van der Waals surface area contributed by atoms with E-state index in [0.29, 0.717) is 6.04 Å². The molecule has 0 aliphatic carbocycles. The largest absolute Gasteiger partial charge is 0.381 e. The van der Waals surface area contributed by atoms with Crippen molar-refractivity contribution in [2.24, 2.45) is 0 Å². The standard InChI is InChI=1S/C14H24N2O2S/c1-4-7-15-11(2)12-10-19-13(16-12)14(17-3)5-8-18-9-6-14/h10-11,15H,4-9H2,1-3H3. The van der Waals surface area contributed by atoms with Gasteiger partial charge in [-0.1, -0.05) is 6.92 Å². The van der Waals surface area contributed by atoms with Crippen LogP contribution in [0.4, 0.5) is 0 Å². The average Bonchev–Trinajstić information content (AvgIpc) is 2.96. The summed E-state index contributed by atoms with van der Waals surface area (Å²) in [5, 5.41) is 6.72. The van der Waals surface area contributed by atoms with E-state index in [1.807, 2.05) is 0 Å². The van der Waals surface area contributed by atoms with Crippen LogP contribution >= 0.6 is 11.3 Å². The van der Waals surface area contributed by atoms with Crippen molar-refractivity contribution in [2.75, 3.05) is 26.9 Å². The number of hydrogen-bond donors (Lipinski definition) is 1. The molecule has 5 heteroatoms. The van der Waals surface area contributed by atoms with Crippen molar-refractivity contribution in [1.82, 2.24) is 10.3 Å². The first kappa shape index (κ1) is 14.9. The molecule has 1 fully saturated rings. The van der Waals surface area contributed by atoms with Crippen molar-refractivity contribution in [3.05, 3.63) is 16.1 Å². The number of hydrogen-bond acceptors (Lipinski definition) is 5. The van der Waals surface area contributed by atoms with Crippen LogP contribution in [0.15, 0.2) is 5.38 Å². The van der Waals surface area contributed by atoms with Gasteiger partial charge in [-0.2, -0.15) is 0 Å². The van der Waals surface area contributed by atoms with Gasteiger partial charge in [0, 0.05) is 44.6 Å². The molecule has 1 unspecified atom stereocenters. The lowest BCUT2D eigenvalue weighted by Crippen LogP contribution is -2.35. The summed E-state index contributed by atoms with van der Waals surface area (Å²) in [7, 11) is 1.78. The van der Waals surface area contributed by atoms with Gasteiger partial charge in [-0.05, 0) is 19.9 Å². The van der Waals surface area contributed by atoms with Crippen molar-refractivity contribution in [1.29, 1.82) is 0 Å². The van der Waals surface area contributed by atoms with Crippen LogP contribution in [-0.4, -0.2) is 31.9 Å². The van der Waals surface area contributed by atoms with Gasteiger partial charge in [0.2, 0.25) is 0 Å². The van der Waals surface area contributed by atoms with Crippen molar-refractivity contribution in [2.45, 2.75) is 44.8 Å². The predicted octanol–water partition coefficient (Wildman–Crippen LogP) is 2.86. The molecule has 4 nitrogen and oxygen atoms in total. The van der Waals surface area contributed by atoms with Crippen molar-refractivity contribution >= 4 is 11.3 Å². The highest BCUT2D eigenvalue weighted by Crippen LogP contribution is 2.37. The zero-order valence-electron chi connectivity index (χ0n) is 12.1. The molecule has 19 heavy (non-hydrogen) atoms. The van der Waals surface area contributed by atoms with E-state index in [0.717, 1.165) is 49.7 Å². The Morgan fingerprint density at radius 1 is 1.53 bits per heavy atom. The fourth-order valence-corrected chi connectivity index (χ4v) is 3.52. The minimum Gasteiger partial charge on any atom is -0.381 e. The second kappa shape index (κ2) is 6.79. The number of aromatic nitrogens is 1. The Bertz CT molecular complexity index is 389. The molecular weight excluding hydrogens is 260 g/mol. The van der Waals surface area contributed by atoms with Crippen molar-refractivity contribution in [3.63, 3.8) is 0 Å². The maximum absolute atomic E-state index is 5.79. The molecular formula is C14H24N2O2S. The lowest BCUT2D eigenvalue weighted by molar-refractivity contribution is -0.0949. The zero-order valence-corrected chi connectivity index (χ0v) is 12.9. The second-order valence-corrected chi connectivity index (χ2v) is 5.92. The van der Waals surface area contributed by atoms with E-state index in [9.17, 15) is 0 Å². The molecule has 0 saturated carbocycles. The maximum atomic E-state index is 5.79. The highest BCUT2D eigenvalue weighted by Gasteiger charge is 2.37. The molecule has 1 aliphatic heterocycles. The Labute approximate surface area is 119 Å². The Balaban J connectivity index is 2.10. The number of rotatable bonds is 6. The topological polar surface area (TPSA) is 43.4 Å². The highest BCUT2D eigenvalue weighted by atomic mass is 32.1. The van der Waals surface area contributed by atoms with Gasteiger partial charge in [-0.25, -0.2) is 4.98 Å². The number of nitrogens with zero attached hydrogens (tertiary/aromatic N) is 1. The Morgan fingerprint density at radius 2 is 2.26 bits per heavy atom. The lowest BCUT2D eigenvalue weighted by atomic mass is 9.95. The van der Waals surface area contributed by atoms with E-state index < -0.39 is 0 Å². The molecule has 1 saturated heterocycles. The molecule has 1 atom stereocenters. The second-order valence-electron chi connectivity index (χ2n) is 5.06. The molecule has 0 bridgehead atoms. The fraction of sp³-hybridized carbons (Fsp3) is 0.786. The third-order valence-corrected chi connectivity index (χ3v) is 4.79. The first-order valence-corrected chi connectivity index (χ1v) is 7.92. The Hall–Kier alpha value is -0.490. The van der Waals surface area contributed by atoms with E-state index in [1.165, 1.54) is 0 Å². The van der Waals surface area contributed by atoms with Crippen LogP contribution in [0, 0.1) is 0 Å². The summed E-state index contributed by atoms with van der Waals surface area (Å²) < 4.78 is 11.2. The van der Waals surface area contributed by atoms with Gasteiger partial charge in [-0.15, -0.1) is 11.3 Å². The summed E-state index contributed by atoms with van der Waals surface area (Å²) in [4.78, 5) is 4.81. The summed E-state index contributed by atoms with van der Waals surface area (Å²) >= 11 is 1.71.